The smallest absolute Gasteiger partial charge is 0.318 e. The first-order valence-electron chi connectivity index (χ1n) is 10.6. The maximum Gasteiger partial charge on any atom is 0.318 e. The molecule has 0 saturated carbocycles. The Morgan fingerprint density at radius 2 is 1.89 bits per heavy atom. The minimum Gasteiger partial charge on any atom is -0.493 e. The summed E-state index contributed by atoms with van der Waals surface area (Å²) in [6.45, 7) is 11.1. The lowest BCUT2D eigenvalue weighted by Crippen LogP contribution is -2.47. The van der Waals surface area contributed by atoms with E-state index in [-0.39, 0.29) is 12.1 Å². The number of urea groups is 1. The first kappa shape index (κ1) is 20.8. The molecule has 6 heteroatoms. The van der Waals surface area contributed by atoms with Crippen LogP contribution in [0.4, 0.5) is 4.79 Å². The molecule has 3 heterocycles. The SMILES string of the molecule is COc1cc(C(C)NC(=O)N2CCN3CCC2CC3)ccc1OCCC(C)C. The van der Waals surface area contributed by atoms with E-state index in [9.17, 15) is 4.79 Å². The summed E-state index contributed by atoms with van der Waals surface area (Å²) < 4.78 is 11.4. The van der Waals surface area contributed by atoms with Crippen molar-refractivity contribution in [2.24, 2.45) is 5.92 Å². The van der Waals surface area contributed by atoms with E-state index in [0.717, 1.165) is 56.8 Å². The molecule has 3 saturated heterocycles. The summed E-state index contributed by atoms with van der Waals surface area (Å²) in [5.74, 6) is 2.07. The molecule has 28 heavy (non-hydrogen) atoms. The second kappa shape index (κ2) is 9.50. The van der Waals surface area contributed by atoms with Crippen LogP contribution in [0.2, 0.25) is 0 Å². The van der Waals surface area contributed by atoms with Gasteiger partial charge in [0.1, 0.15) is 0 Å². The van der Waals surface area contributed by atoms with Gasteiger partial charge in [-0.2, -0.15) is 0 Å². The monoisotopic (exact) mass is 389 g/mol. The molecule has 0 aliphatic carbocycles. The van der Waals surface area contributed by atoms with E-state index in [1.807, 2.05) is 30.0 Å². The van der Waals surface area contributed by atoms with Gasteiger partial charge in [0, 0.05) is 32.2 Å². The van der Waals surface area contributed by atoms with Crippen molar-refractivity contribution in [3.05, 3.63) is 23.8 Å². The van der Waals surface area contributed by atoms with Crippen molar-refractivity contribution in [1.82, 2.24) is 15.1 Å². The van der Waals surface area contributed by atoms with Gasteiger partial charge >= 0.3 is 6.03 Å². The topological polar surface area (TPSA) is 54.0 Å². The molecule has 3 aliphatic rings. The highest BCUT2D eigenvalue weighted by molar-refractivity contribution is 5.75. The van der Waals surface area contributed by atoms with Crippen molar-refractivity contribution in [2.45, 2.75) is 52.1 Å². The van der Waals surface area contributed by atoms with E-state index in [1.165, 1.54) is 0 Å². The van der Waals surface area contributed by atoms with Gasteiger partial charge in [0.25, 0.3) is 0 Å². The average Bonchev–Trinajstić information content (AvgIpc) is 3.01. The summed E-state index contributed by atoms with van der Waals surface area (Å²) in [6, 6.07) is 6.24. The maximum absolute atomic E-state index is 12.9. The molecule has 1 atom stereocenters. The summed E-state index contributed by atoms with van der Waals surface area (Å²) >= 11 is 0. The van der Waals surface area contributed by atoms with Crippen LogP contribution in [0.1, 0.15) is 51.6 Å². The van der Waals surface area contributed by atoms with E-state index in [1.54, 1.807) is 7.11 Å². The quantitative estimate of drug-likeness (QED) is 0.773. The van der Waals surface area contributed by atoms with Gasteiger partial charge in [-0.25, -0.2) is 4.79 Å². The van der Waals surface area contributed by atoms with E-state index < -0.39 is 0 Å². The highest BCUT2D eigenvalue weighted by Gasteiger charge is 2.32. The number of hydrogen-bond acceptors (Lipinski definition) is 4. The summed E-state index contributed by atoms with van der Waals surface area (Å²) in [5.41, 5.74) is 1.02. The lowest BCUT2D eigenvalue weighted by Gasteiger charge is -2.32. The largest absolute Gasteiger partial charge is 0.493 e. The Morgan fingerprint density at radius 3 is 2.57 bits per heavy atom. The van der Waals surface area contributed by atoms with Crippen LogP contribution in [-0.2, 0) is 0 Å². The van der Waals surface area contributed by atoms with Crippen molar-refractivity contribution in [3.63, 3.8) is 0 Å². The number of fused-ring (bicyclic) bond motifs is 4. The van der Waals surface area contributed by atoms with Crippen LogP contribution < -0.4 is 14.8 Å². The third kappa shape index (κ3) is 5.10. The fourth-order valence-electron chi connectivity index (χ4n) is 3.98. The molecule has 0 spiro atoms. The highest BCUT2D eigenvalue weighted by atomic mass is 16.5. The van der Waals surface area contributed by atoms with Crippen LogP contribution in [0.15, 0.2) is 18.2 Å². The Bertz CT molecular complexity index is 656. The Hall–Kier alpha value is -1.95. The number of hydrogen-bond donors (Lipinski definition) is 1. The van der Waals surface area contributed by atoms with E-state index >= 15 is 0 Å². The van der Waals surface area contributed by atoms with Crippen molar-refractivity contribution >= 4 is 6.03 Å². The van der Waals surface area contributed by atoms with Gasteiger partial charge in [-0.1, -0.05) is 19.9 Å². The lowest BCUT2D eigenvalue weighted by molar-refractivity contribution is 0.168. The number of ether oxygens (including phenoxy) is 2. The predicted molar refractivity (Wildman–Crippen MR) is 111 cm³/mol. The van der Waals surface area contributed by atoms with Gasteiger partial charge < -0.3 is 24.6 Å². The number of benzene rings is 1. The van der Waals surface area contributed by atoms with Crippen molar-refractivity contribution in [1.29, 1.82) is 0 Å². The second-order valence-electron chi connectivity index (χ2n) is 8.38. The molecular formula is C22H35N3O3. The number of methoxy groups -OCH3 is 1. The Morgan fingerprint density at radius 1 is 1.14 bits per heavy atom. The Kier molecular flexibility index (Phi) is 7.05. The number of nitrogens with zero attached hydrogens (tertiary/aromatic N) is 2. The molecule has 1 N–H and O–H groups in total. The first-order valence-corrected chi connectivity index (χ1v) is 10.6. The predicted octanol–water partition coefficient (Wildman–Crippen LogP) is 3.67. The van der Waals surface area contributed by atoms with Crippen LogP contribution in [0.25, 0.3) is 0 Å². The molecule has 3 fully saturated rings. The average molecular weight is 390 g/mol. The van der Waals surface area contributed by atoms with Crippen LogP contribution in [0.5, 0.6) is 11.5 Å². The number of rotatable bonds is 7. The third-order valence-corrected chi connectivity index (χ3v) is 5.90. The Labute approximate surface area is 169 Å². The molecule has 156 valence electrons. The molecule has 2 amide bonds. The molecular weight excluding hydrogens is 354 g/mol. The van der Waals surface area contributed by atoms with E-state index in [0.29, 0.717) is 24.3 Å². The minimum absolute atomic E-state index is 0.0393. The molecule has 6 nitrogen and oxygen atoms in total. The second-order valence-corrected chi connectivity index (χ2v) is 8.38. The number of amides is 2. The Balaban J connectivity index is 1.61. The zero-order valence-corrected chi connectivity index (χ0v) is 17.7. The van der Waals surface area contributed by atoms with E-state index in [4.69, 9.17) is 9.47 Å². The van der Waals surface area contributed by atoms with Gasteiger partial charge in [-0.3, -0.25) is 0 Å². The molecule has 0 aromatic heterocycles. The number of nitrogens with one attached hydrogen (secondary N) is 1. The van der Waals surface area contributed by atoms with Crippen LogP contribution in [0, 0.1) is 5.92 Å². The molecule has 1 aromatic carbocycles. The summed E-state index contributed by atoms with van der Waals surface area (Å²) in [4.78, 5) is 17.4. The van der Waals surface area contributed by atoms with Gasteiger partial charge in [0.15, 0.2) is 11.5 Å². The maximum atomic E-state index is 12.9. The zero-order chi connectivity index (χ0) is 20.1. The van der Waals surface area contributed by atoms with Gasteiger partial charge in [0.2, 0.25) is 0 Å². The van der Waals surface area contributed by atoms with E-state index in [2.05, 4.69) is 24.1 Å². The molecule has 3 aliphatic heterocycles. The fraction of sp³-hybridized carbons (Fsp3) is 0.682. The van der Waals surface area contributed by atoms with Crippen LogP contribution in [0.3, 0.4) is 0 Å². The standard InChI is InChI=1S/C22H35N3O3/c1-16(2)9-14-28-20-6-5-18(15-21(20)27-4)17(3)23-22(26)25-13-12-24-10-7-19(25)8-11-24/h5-6,15-17,19H,7-14H2,1-4H3,(H,23,26). The summed E-state index contributed by atoms with van der Waals surface area (Å²) in [7, 11) is 1.65. The first-order chi connectivity index (χ1) is 13.5. The molecule has 4 rings (SSSR count). The molecule has 0 radical (unpaired) electrons. The van der Waals surface area contributed by atoms with Crippen molar-refractivity contribution in [3.8, 4) is 11.5 Å². The normalized spacial score (nSPS) is 22.7. The molecule has 2 bridgehead atoms. The number of carbonyl (C=O) groups is 1. The third-order valence-electron chi connectivity index (χ3n) is 5.90. The molecule has 1 unspecified atom stereocenters. The fourth-order valence-corrected chi connectivity index (χ4v) is 3.98. The van der Waals surface area contributed by atoms with Gasteiger partial charge in [-0.15, -0.1) is 0 Å². The number of carbonyl (C=O) groups excluding carboxylic acids is 1. The highest BCUT2D eigenvalue weighted by Crippen LogP contribution is 2.31. The summed E-state index contributed by atoms with van der Waals surface area (Å²) in [5, 5.41) is 3.18. The van der Waals surface area contributed by atoms with Crippen molar-refractivity contribution < 1.29 is 14.3 Å². The summed E-state index contributed by atoms with van der Waals surface area (Å²) in [6.07, 6.45) is 3.17. The lowest BCUT2D eigenvalue weighted by atomic mass is 10.1. The molecule has 1 aromatic rings. The van der Waals surface area contributed by atoms with Gasteiger partial charge in [-0.05, 0) is 49.8 Å². The van der Waals surface area contributed by atoms with Gasteiger partial charge in [0.05, 0.1) is 19.8 Å². The van der Waals surface area contributed by atoms with Crippen molar-refractivity contribution in [2.75, 3.05) is 39.9 Å². The zero-order valence-electron chi connectivity index (χ0n) is 17.7. The van der Waals surface area contributed by atoms with Crippen LogP contribution >= 0.6 is 0 Å². The number of piperidine rings is 1. The van der Waals surface area contributed by atoms with Crippen LogP contribution in [-0.4, -0.2) is 61.8 Å². The minimum atomic E-state index is -0.0909.